The van der Waals surface area contributed by atoms with Crippen molar-refractivity contribution in [2.45, 2.75) is 22.4 Å². The number of aliphatic carboxylic acids is 1. The monoisotopic (exact) mass is 482 g/mol. The molecule has 1 atom stereocenters. The van der Waals surface area contributed by atoms with Crippen molar-refractivity contribution in [3.63, 3.8) is 0 Å². The Morgan fingerprint density at radius 1 is 1.30 bits per heavy atom. The van der Waals surface area contributed by atoms with E-state index in [4.69, 9.17) is 27.9 Å². The van der Waals surface area contributed by atoms with Gasteiger partial charge in [0.05, 0.1) is 33.4 Å². The van der Waals surface area contributed by atoms with Gasteiger partial charge in [-0.15, -0.1) is 23.5 Å². The van der Waals surface area contributed by atoms with E-state index in [2.05, 4.69) is 9.88 Å². The Labute approximate surface area is 194 Å². The number of carbonyl (C=O) groups is 1. The largest absolute Gasteiger partial charge is 0.486 e. The molecule has 2 aromatic rings. The molecule has 0 saturated heterocycles. The summed E-state index contributed by atoms with van der Waals surface area (Å²) in [4.78, 5) is 19.0. The average Bonchev–Trinajstić information content (AvgIpc) is 3.12. The Bertz CT molecular complexity index is 949. The number of nitrogens with zero attached hydrogens (tertiary/aromatic N) is 2. The van der Waals surface area contributed by atoms with Crippen LogP contribution in [0.25, 0.3) is 6.08 Å². The first-order valence-electron chi connectivity index (χ1n) is 9.08. The summed E-state index contributed by atoms with van der Waals surface area (Å²) in [6.45, 7) is 0.308. The number of hydrogen-bond acceptors (Lipinski definition) is 6. The van der Waals surface area contributed by atoms with Crippen LogP contribution in [-0.2, 0) is 15.3 Å². The molecular formula is C21H20Cl2N2O3S2. The summed E-state index contributed by atoms with van der Waals surface area (Å²) < 4.78 is 5.53. The van der Waals surface area contributed by atoms with E-state index in [0.29, 0.717) is 34.5 Å². The number of pyridine rings is 1. The molecule has 2 heterocycles. The molecule has 158 valence electrons. The predicted octanol–water partition coefficient (Wildman–Crippen LogP) is 5.99. The molecule has 1 N–H and O–H groups in total. The van der Waals surface area contributed by atoms with E-state index < -0.39 is 5.97 Å². The molecular weight excluding hydrogens is 463 g/mol. The smallest absolute Gasteiger partial charge is 0.371 e. The SMILES string of the molecule is CN1C=CSC1CCOC(=Cc1cccc(CSc2c(Cl)cccc2Cl)n1)C(=O)O. The minimum absolute atomic E-state index is 0.125. The van der Waals surface area contributed by atoms with Gasteiger partial charge in [0.15, 0.2) is 0 Å². The molecule has 9 heteroatoms. The number of carboxylic acids is 1. The van der Waals surface area contributed by atoms with Crippen molar-refractivity contribution in [2.75, 3.05) is 13.7 Å². The van der Waals surface area contributed by atoms with Gasteiger partial charge in [0.1, 0.15) is 0 Å². The van der Waals surface area contributed by atoms with Crippen LogP contribution in [0.2, 0.25) is 10.0 Å². The molecule has 0 saturated carbocycles. The molecule has 0 fully saturated rings. The van der Waals surface area contributed by atoms with Gasteiger partial charge in [-0.2, -0.15) is 0 Å². The van der Waals surface area contributed by atoms with Gasteiger partial charge in [0.25, 0.3) is 0 Å². The van der Waals surface area contributed by atoms with E-state index in [-0.39, 0.29) is 11.1 Å². The van der Waals surface area contributed by atoms with E-state index in [1.54, 1.807) is 36.0 Å². The van der Waals surface area contributed by atoms with Crippen LogP contribution in [0.1, 0.15) is 17.8 Å². The molecule has 0 radical (unpaired) electrons. The third-order valence-electron chi connectivity index (χ3n) is 4.21. The van der Waals surface area contributed by atoms with Gasteiger partial charge < -0.3 is 14.7 Å². The molecule has 1 aliphatic rings. The van der Waals surface area contributed by atoms with Crippen molar-refractivity contribution in [2.24, 2.45) is 0 Å². The fourth-order valence-electron chi connectivity index (χ4n) is 2.68. The first-order valence-corrected chi connectivity index (χ1v) is 11.8. The normalized spacial score (nSPS) is 16.2. The number of benzene rings is 1. The van der Waals surface area contributed by atoms with Crippen LogP contribution in [0.4, 0.5) is 0 Å². The van der Waals surface area contributed by atoms with Crippen molar-refractivity contribution < 1.29 is 14.6 Å². The maximum atomic E-state index is 11.6. The van der Waals surface area contributed by atoms with Gasteiger partial charge in [0.2, 0.25) is 5.76 Å². The number of rotatable bonds is 9. The second kappa shape index (κ2) is 11.0. The number of carboxylic acid groups (broad SMARTS) is 1. The van der Waals surface area contributed by atoms with Gasteiger partial charge in [-0.1, -0.05) is 35.3 Å². The maximum Gasteiger partial charge on any atom is 0.371 e. The summed E-state index contributed by atoms with van der Waals surface area (Å²) in [5.41, 5.74) is 1.30. The van der Waals surface area contributed by atoms with Crippen LogP contribution in [0.15, 0.2) is 58.7 Å². The molecule has 30 heavy (non-hydrogen) atoms. The molecule has 1 aliphatic heterocycles. The molecule has 5 nitrogen and oxygen atoms in total. The lowest BCUT2D eigenvalue weighted by Gasteiger charge is -2.19. The van der Waals surface area contributed by atoms with Crippen LogP contribution >= 0.6 is 46.7 Å². The summed E-state index contributed by atoms with van der Waals surface area (Å²) in [5, 5.41) is 12.9. The number of halogens is 2. The Hall–Kier alpha value is -1.80. The predicted molar refractivity (Wildman–Crippen MR) is 125 cm³/mol. The minimum atomic E-state index is -1.12. The second-order valence-corrected chi connectivity index (χ2v) is 9.27. The van der Waals surface area contributed by atoms with Crippen LogP contribution < -0.4 is 0 Å². The zero-order valence-corrected chi connectivity index (χ0v) is 19.3. The highest BCUT2D eigenvalue weighted by atomic mass is 35.5. The molecule has 1 unspecified atom stereocenters. The fraction of sp³-hybridized carbons (Fsp3) is 0.238. The molecule has 0 bridgehead atoms. The Kier molecular flexibility index (Phi) is 8.39. The molecule has 0 spiro atoms. The summed E-state index contributed by atoms with van der Waals surface area (Å²) >= 11 is 15.6. The Balaban J connectivity index is 1.63. The highest BCUT2D eigenvalue weighted by molar-refractivity contribution is 8.02. The highest BCUT2D eigenvalue weighted by Crippen LogP contribution is 2.35. The van der Waals surface area contributed by atoms with Gasteiger partial charge in [0, 0.05) is 36.4 Å². The number of aromatic nitrogens is 1. The third-order valence-corrected chi connectivity index (χ3v) is 7.39. The standard InChI is InChI=1S/C21H20Cl2N2O3S2/c1-25-9-11-29-19(25)8-10-28-18(21(26)27)12-14-4-2-5-15(24-14)13-30-20-16(22)6-3-7-17(20)23/h2-7,9,11-12,19H,8,10,13H2,1H3,(H,26,27). The third kappa shape index (κ3) is 6.35. The molecule has 1 aromatic heterocycles. The number of thioether (sulfide) groups is 2. The van der Waals surface area contributed by atoms with Crippen LogP contribution in [0, 0.1) is 0 Å². The van der Waals surface area contributed by atoms with Crippen LogP contribution in [0.5, 0.6) is 0 Å². The summed E-state index contributed by atoms with van der Waals surface area (Å²) in [7, 11) is 1.98. The van der Waals surface area contributed by atoms with Crippen molar-refractivity contribution >= 4 is 58.8 Å². The van der Waals surface area contributed by atoms with E-state index >= 15 is 0 Å². The van der Waals surface area contributed by atoms with E-state index in [1.807, 2.05) is 30.8 Å². The quantitative estimate of drug-likeness (QED) is 0.267. The van der Waals surface area contributed by atoms with E-state index in [0.717, 1.165) is 10.6 Å². The topological polar surface area (TPSA) is 62.7 Å². The van der Waals surface area contributed by atoms with Crippen LogP contribution in [-0.4, -0.2) is 40.0 Å². The Morgan fingerprint density at radius 3 is 2.70 bits per heavy atom. The number of ether oxygens (including phenoxy) is 1. The lowest BCUT2D eigenvalue weighted by molar-refractivity contribution is -0.136. The van der Waals surface area contributed by atoms with Crippen molar-refractivity contribution in [3.8, 4) is 0 Å². The second-order valence-electron chi connectivity index (χ2n) is 6.39. The van der Waals surface area contributed by atoms with Gasteiger partial charge in [-0.25, -0.2) is 4.79 Å². The van der Waals surface area contributed by atoms with Crippen LogP contribution in [0.3, 0.4) is 0 Å². The summed E-state index contributed by atoms with van der Waals surface area (Å²) in [6, 6.07) is 10.8. The first kappa shape index (κ1) is 22.9. The molecule has 0 amide bonds. The highest BCUT2D eigenvalue weighted by Gasteiger charge is 2.17. The van der Waals surface area contributed by atoms with Crippen molar-refractivity contribution in [1.29, 1.82) is 0 Å². The van der Waals surface area contributed by atoms with Gasteiger partial charge >= 0.3 is 5.97 Å². The van der Waals surface area contributed by atoms with Gasteiger partial charge in [-0.05, 0) is 29.7 Å². The summed E-state index contributed by atoms with van der Waals surface area (Å²) in [5.74, 6) is -0.697. The molecule has 1 aromatic carbocycles. The fourth-order valence-corrected chi connectivity index (χ4v) is 5.21. The molecule has 0 aliphatic carbocycles. The molecule has 3 rings (SSSR count). The van der Waals surface area contributed by atoms with Crippen molar-refractivity contribution in [3.05, 3.63) is 75.2 Å². The zero-order chi connectivity index (χ0) is 21.5. The van der Waals surface area contributed by atoms with E-state index in [9.17, 15) is 9.90 Å². The lowest BCUT2D eigenvalue weighted by atomic mass is 10.3. The minimum Gasteiger partial charge on any atom is -0.486 e. The lowest BCUT2D eigenvalue weighted by Crippen LogP contribution is -2.21. The summed E-state index contributed by atoms with van der Waals surface area (Å²) in [6.07, 6.45) is 4.15. The van der Waals surface area contributed by atoms with E-state index in [1.165, 1.54) is 17.8 Å². The maximum absolute atomic E-state index is 11.6. The van der Waals surface area contributed by atoms with Crippen molar-refractivity contribution in [1.82, 2.24) is 9.88 Å². The first-order chi connectivity index (χ1) is 14.4. The number of hydrogen-bond donors (Lipinski definition) is 1. The Morgan fingerprint density at radius 2 is 2.03 bits per heavy atom. The zero-order valence-electron chi connectivity index (χ0n) is 16.1. The average molecular weight is 483 g/mol. The van der Waals surface area contributed by atoms with Gasteiger partial charge in [-0.3, -0.25) is 4.98 Å².